The Morgan fingerprint density at radius 1 is 1.30 bits per heavy atom. The van der Waals surface area contributed by atoms with Crippen molar-refractivity contribution in [1.82, 2.24) is 20.1 Å². The first-order chi connectivity index (χ1) is 9.60. The maximum atomic E-state index is 12.3. The number of likely N-dealkylation sites (N-methyl/N-ethyl adjacent to an activating group) is 1. The molecule has 1 fully saturated rings. The fraction of sp³-hybridized carbons (Fsp3) is 0.462. The molecule has 7 heteroatoms. The summed E-state index contributed by atoms with van der Waals surface area (Å²) in [6, 6.07) is 3.52. The average Bonchev–Trinajstić information content (AvgIpc) is 2.48. The SMILES string of the molecule is CNC(=O)CN1CCN(C(=O)c2ccc(Br)nc2)CC1. The minimum atomic E-state index is -0.00964. The fourth-order valence-corrected chi connectivity index (χ4v) is 2.31. The number of hydrogen-bond acceptors (Lipinski definition) is 4. The number of hydrogen-bond donors (Lipinski definition) is 1. The third kappa shape index (κ3) is 3.77. The topological polar surface area (TPSA) is 65.5 Å². The summed E-state index contributed by atoms with van der Waals surface area (Å²) in [5.41, 5.74) is 0.591. The van der Waals surface area contributed by atoms with Crippen LogP contribution in [0.1, 0.15) is 10.4 Å². The van der Waals surface area contributed by atoms with Gasteiger partial charge >= 0.3 is 0 Å². The molecule has 1 aromatic rings. The third-order valence-corrected chi connectivity index (χ3v) is 3.75. The van der Waals surface area contributed by atoms with E-state index >= 15 is 0 Å². The van der Waals surface area contributed by atoms with Gasteiger partial charge in [0.05, 0.1) is 12.1 Å². The second kappa shape index (κ2) is 6.81. The Kier molecular flexibility index (Phi) is 5.08. The van der Waals surface area contributed by atoms with E-state index < -0.39 is 0 Å². The molecule has 1 aliphatic heterocycles. The summed E-state index contributed by atoms with van der Waals surface area (Å²) < 4.78 is 0.712. The molecule has 0 aromatic carbocycles. The van der Waals surface area contributed by atoms with E-state index in [9.17, 15) is 9.59 Å². The van der Waals surface area contributed by atoms with Gasteiger partial charge < -0.3 is 10.2 Å². The number of nitrogens with zero attached hydrogens (tertiary/aromatic N) is 3. The van der Waals surface area contributed by atoms with Crippen molar-refractivity contribution in [1.29, 1.82) is 0 Å². The first kappa shape index (κ1) is 14.9. The van der Waals surface area contributed by atoms with Gasteiger partial charge in [0.2, 0.25) is 5.91 Å². The van der Waals surface area contributed by atoms with Crippen molar-refractivity contribution in [3.05, 3.63) is 28.5 Å². The largest absolute Gasteiger partial charge is 0.358 e. The van der Waals surface area contributed by atoms with Gasteiger partial charge in [-0.2, -0.15) is 0 Å². The van der Waals surface area contributed by atoms with Crippen LogP contribution in [0.3, 0.4) is 0 Å². The molecule has 1 aliphatic rings. The van der Waals surface area contributed by atoms with Gasteiger partial charge in [0, 0.05) is 39.4 Å². The lowest BCUT2D eigenvalue weighted by Gasteiger charge is -2.34. The number of amides is 2. The highest BCUT2D eigenvalue weighted by Gasteiger charge is 2.23. The average molecular weight is 341 g/mol. The van der Waals surface area contributed by atoms with Gasteiger partial charge in [0.1, 0.15) is 4.60 Å². The number of piperazine rings is 1. The Morgan fingerprint density at radius 2 is 2.00 bits per heavy atom. The smallest absolute Gasteiger partial charge is 0.255 e. The van der Waals surface area contributed by atoms with Gasteiger partial charge in [-0.3, -0.25) is 14.5 Å². The number of carbonyl (C=O) groups excluding carboxylic acids is 2. The third-order valence-electron chi connectivity index (χ3n) is 3.28. The van der Waals surface area contributed by atoms with Crippen LogP contribution in [0.5, 0.6) is 0 Å². The molecule has 0 spiro atoms. The van der Waals surface area contributed by atoms with Crippen molar-refractivity contribution in [2.75, 3.05) is 39.8 Å². The Labute approximate surface area is 126 Å². The highest BCUT2D eigenvalue weighted by molar-refractivity contribution is 9.10. The molecule has 1 aromatic heterocycles. The Morgan fingerprint density at radius 3 is 2.55 bits per heavy atom. The maximum absolute atomic E-state index is 12.3. The van der Waals surface area contributed by atoms with E-state index in [0.717, 1.165) is 0 Å². The second-order valence-electron chi connectivity index (χ2n) is 4.61. The van der Waals surface area contributed by atoms with E-state index in [4.69, 9.17) is 0 Å². The molecule has 2 amide bonds. The van der Waals surface area contributed by atoms with Gasteiger partial charge in [-0.05, 0) is 28.1 Å². The quantitative estimate of drug-likeness (QED) is 0.806. The maximum Gasteiger partial charge on any atom is 0.255 e. The van der Waals surface area contributed by atoms with Crippen molar-refractivity contribution in [3.8, 4) is 0 Å². The molecule has 0 atom stereocenters. The van der Waals surface area contributed by atoms with Crippen LogP contribution in [0, 0.1) is 0 Å². The van der Waals surface area contributed by atoms with Gasteiger partial charge in [-0.25, -0.2) is 4.98 Å². The van der Waals surface area contributed by atoms with Crippen LogP contribution >= 0.6 is 15.9 Å². The molecule has 0 aliphatic carbocycles. The molecule has 0 radical (unpaired) electrons. The molecule has 2 heterocycles. The lowest BCUT2D eigenvalue weighted by molar-refractivity contribution is -0.122. The van der Waals surface area contributed by atoms with Crippen molar-refractivity contribution in [2.24, 2.45) is 0 Å². The van der Waals surface area contributed by atoms with Crippen molar-refractivity contribution in [2.45, 2.75) is 0 Å². The number of halogens is 1. The van der Waals surface area contributed by atoms with Gasteiger partial charge in [-0.15, -0.1) is 0 Å². The highest BCUT2D eigenvalue weighted by Crippen LogP contribution is 2.11. The van der Waals surface area contributed by atoms with Crippen LogP contribution in [0.2, 0.25) is 0 Å². The minimum absolute atomic E-state index is 0.00175. The van der Waals surface area contributed by atoms with Crippen molar-refractivity contribution < 1.29 is 9.59 Å². The fourth-order valence-electron chi connectivity index (χ4n) is 2.08. The van der Waals surface area contributed by atoms with Crippen LogP contribution in [0.4, 0.5) is 0 Å². The van der Waals surface area contributed by atoms with E-state index in [2.05, 4.69) is 26.2 Å². The van der Waals surface area contributed by atoms with Crippen LogP contribution in [0.25, 0.3) is 0 Å². The molecule has 108 valence electrons. The van der Waals surface area contributed by atoms with Gasteiger partial charge in [0.25, 0.3) is 5.91 Å². The van der Waals surface area contributed by atoms with Crippen LogP contribution < -0.4 is 5.32 Å². The lowest BCUT2D eigenvalue weighted by atomic mass is 10.2. The summed E-state index contributed by atoms with van der Waals surface area (Å²) >= 11 is 3.25. The molecule has 6 nitrogen and oxygen atoms in total. The minimum Gasteiger partial charge on any atom is -0.358 e. The number of nitrogens with one attached hydrogen (secondary N) is 1. The van der Waals surface area contributed by atoms with Crippen LogP contribution in [-0.2, 0) is 4.79 Å². The lowest BCUT2D eigenvalue weighted by Crippen LogP contribution is -2.50. The van der Waals surface area contributed by atoms with E-state index in [0.29, 0.717) is 42.9 Å². The zero-order valence-electron chi connectivity index (χ0n) is 11.3. The van der Waals surface area contributed by atoms with Gasteiger partial charge in [0.15, 0.2) is 0 Å². The summed E-state index contributed by atoms with van der Waals surface area (Å²) in [6.45, 7) is 3.07. The molecule has 20 heavy (non-hydrogen) atoms. The Hall–Kier alpha value is -1.47. The first-order valence-electron chi connectivity index (χ1n) is 6.44. The van der Waals surface area contributed by atoms with Crippen molar-refractivity contribution in [3.63, 3.8) is 0 Å². The summed E-state index contributed by atoms with van der Waals surface area (Å²) in [5.74, 6) is -0.00789. The molecule has 0 bridgehead atoms. The molecular formula is C13H17BrN4O2. The molecule has 1 N–H and O–H groups in total. The monoisotopic (exact) mass is 340 g/mol. The molecule has 1 saturated heterocycles. The summed E-state index contributed by atoms with van der Waals surface area (Å²) in [4.78, 5) is 31.5. The Balaban J connectivity index is 1.88. The zero-order valence-corrected chi connectivity index (χ0v) is 12.9. The normalized spacial score (nSPS) is 16.0. The standard InChI is InChI=1S/C13H17BrN4O2/c1-15-12(19)9-17-4-6-18(7-5-17)13(20)10-2-3-11(14)16-8-10/h2-3,8H,4-7,9H2,1H3,(H,15,19). The number of pyridine rings is 1. The predicted octanol–water partition coefficient (Wildman–Crippen LogP) is 0.348. The van der Waals surface area contributed by atoms with Gasteiger partial charge in [-0.1, -0.05) is 0 Å². The number of rotatable bonds is 3. The molecule has 2 rings (SSSR count). The summed E-state index contributed by atoms with van der Waals surface area (Å²) in [7, 11) is 1.63. The molecule has 0 unspecified atom stereocenters. The van der Waals surface area contributed by atoms with Crippen LogP contribution in [-0.4, -0.2) is 66.4 Å². The van der Waals surface area contributed by atoms with E-state index in [1.54, 1.807) is 30.3 Å². The Bertz CT molecular complexity index is 484. The first-order valence-corrected chi connectivity index (χ1v) is 7.23. The second-order valence-corrected chi connectivity index (χ2v) is 5.42. The molecule has 0 saturated carbocycles. The van der Waals surface area contributed by atoms with E-state index in [-0.39, 0.29) is 11.8 Å². The summed E-state index contributed by atoms with van der Waals surface area (Å²) in [5, 5.41) is 2.60. The van der Waals surface area contributed by atoms with E-state index in [1.807, 2.05) is 4.90 Å². The number of aromatic nitrogens is 1. The van der Waals surface area contributed by atoms with Crippen LogP contribution in [0.15, 0.2) is 22.9 Å². The number of carbonyl (C=O) groups is 2. The zero-order chi connectivity index (χ0) is 14.5. The predicted molar refractivity (Wildman–Crippen MR) is 78.3 cm³/mol. The molecular weight excluding hydrogens is 324 g/mol. The van der Waals surface area contributed by atoms with Crippen molar-refractivity contribution >= 4 is 27.7 Å². The highest BCUT2D eigenvalue weighted by atomic mass is 79.9. The summed E-state index contributed by atoms with van der Waals surface area (Å²) in [6.07, 6.45) is 1.57. The van der Waals surface area contributed by atoms with E-state index in [1.165, 1.54) is 0 Å².